The average molecular weight is 168 g/mol. The Kier molecular flexibility index (Phi) is 2.34. The lowest BCUT2D eigenvalue weighted by Gasteiger charge is -2.09. The minimum atomic E-state index is -0.987. The highest BCUT2D eigenvalue weighted by atomic mass is 16.3. The fourth-order valence-electron chi connectivity index (χ4n) is 0.883. The zero-order chi connectivity index (χ0) is 9.19. The first-order valence-corrected chi connectivity index (χ1v) is 3.97. The van der Waals surface area contributed by atoms with Crippen LogP contribution in [0.25, 0.3) is 0 Å². The molecular weight excluding hydrogens is 156 g/mol. The van der Waals surface area contributed by atoms with Crippen molar-refractivity contribution in [1.82, 2.24) is 5.32 Å². The number of carbonyl (C=O) groups excluding carboxylic acids is 1. The molecule has 1 aliphatic carbocycles. The van der Waals surface area contributed by atoms with Crippen LogP contribution in [0.15, 0.2) is 0 Å². The van der Waals surface area contributed by atoms with Gasteiger partial charge in [0, 0.05) is 6.54 Å². The van der Waals surface area contributed by atoms with Crippen LogP contribution in [0.3, 0.4) is 0 Å². The second kappa shape index (κ2) is 3.11. The van der Waals surface area contributed by atoms with Gasteiger partial charge in [0.05, 0.1) is 11.5 Å². The van der Waals surface area contributed by atoms with E-state index in [2.05, 4.69) is 11.4 Å². The molecule has 1 aliphatic rings. The van der Waals surface area contributed by atoms with Gasteiger partial charge in [-0.25, -0.2) is 0 Å². The van der Waals surface area contributed by atoms with E-state index in [1.165, 1.54) is 6.92 Å². The summed E-state index contributed by atoms with van der Waals surface area (Å²) in [5.41, 5.74) is -0.329. The Bertz CT molecular complexity index is 226. The number of nitrogens with one attached hydrogen (secondary N) is 1. The van der Waals surface area contributed by atoms with E-state index in [0.717, 1.165) is 12.8 Å². The van der Waals surface area contributed by atoms with Crippen LogP contribution in [0, 0.1) is 16.7 Å². The molecule has 0 heterocycles. The molecule has 12 heavy (non-hydrogen) atoms. The maximum absolute atomic E-state index is 10.9. The molecule has 4 heteroatoms. The Labute approximate surface area is 71.2 Å². The molecule has 0 aromatic carbocycles. The average Bonchev–Trinajstić information content (AvgIpc) is 2.81. The second-order valence-electron chi connectivity index (χ2n) is 3.29. The first-order chi connectivity index (χ1) is 5.59. The van der Waals surface area contributed by atoms with Crippen molar-refractivity contribution in [3.8, 4) is 6.07 Å². The minimum absolute atomic E-state index is 0.329. The number of nitriles is 1. The molecule has 0 spiro atoms. The van der Waals surface area contributed by atoms with E-state index < -0.39 is 12.0 Å². The predicted octanol–water partition coefficient (Wildman–Crippen LogP) is -0.213. The third-order valence-corrected chi connectivity index (χ3v) is 2.07. The number of carbonyl (C=O) groups is 1. The van der Waals surface area contributed by atoms with Gasteiger partial charge in [0.2, 0.25) is 5.91 Å². The molecule has 0 saturated heterocycles. The molecule has 1 atom stereocenters. The van der Waals surface area contributed by atoms with Gasteiger partial charge >= 0.3 is 0 Å². The van der Waals surface area contributed by atoms with Gasteiger partial charge in [-0.2, -0.15) is 5.26 Å². The minimum Gasteiger partial charge on any atom is -0.384 e. The second-order valence-corrected chi connectivity index (χ2v) is 3.29. The van der Waals surface area contributed by atoms with Crippen molar-refractivity contribution in [2.24, 2.45) is 5.41 Å². The van der Waals surface area contributed by atoms with Gasteiger partial charge in [0.1, 0.15) is 6.10 Å². The maximum Gasteiger partial charge on any atom is 0.248 e. The number of aliphatic hydroxyl groups excluding tert-OH is 1. The van der Waals surface area contributed by atoms with E-state index in [-0.39, 0.29) is 5.41 Å². The molecule has 0 unspecified atom stereocenters. The lowest BCUT2D eigenvalue weighted by Crippen LogP contribution is -2.36. The number of amides is 1. The van der Waals surface area contributed by atoms with Crippen LogP contribution in [0.4, 0.5) is 0 Å². The van der Waals surface area contributed by atoms with Gasteiger partial charge in [-0.1, -0.05) is 0 Å². The van der Waals surface area contributed by atoms with Crippen molar-refractivity contribution in [1.29, 1.82) is 5.26 Å². The van der Waals surface area contributed by atoms with Gasteiger partial charge in [-0.05, 0) is 19.8 Å². The van der Waals surface area contributed by atoms with Crippen LogP contribution in [0.1, 0.15) is 19.8 Å². The van der Waals surface area contributed by atoms with Gasteiger partial charge in [0.15, 0.2) is 0 Å². The zero-order valence-electron chi connectivity index (χ0n) is 7.00. The van der Waals surface area contributed by atoms with Crippen molar-refractivity contribution >= 4 is 5.91 Å². The molecule has 0 aromatic rings. The van der Waals surface area contributed by atoms with Gasteiger partial charge in [0.25, 0.3) is 0 Å². The third kappa shape index (κ3) is 1.95. The SMILES string of the molecule is C[C@H](O)C(=O)NCC1(C#N)CC1. The summed E-state index contributed by atoms with van der Waals surface area (Å²) in [6.45, 7) is 1.77. The van der Waals surface area contributed by atoms with E-state index in [9.17, 15) is 4.79 Å². The monoisotopic (exact) mass is 168 g/mol. The van der Waals surface area contributed by atoms with Crippen LogP contribution >= 0.6 is 0 Å². The molecule has 66 valence electrons. The standard InChI is InChI=1S/C8H12N2O2/c1-6(11)7(12)10-5-8(4-9)2-3-8/h6,11H,2-3,5H2,1H3,(H,10,12)/t6-/m0/s1. The first-order valence-electron chi connectivity index (χ1n) is 3.97. The topological polar surface area (TPSA) is 73.1 Å². The fraction of sp³-hybridized carbons (Fsp3) is 0.750. The molecule has 4 nitrogen and oxygen atoms in total. The van der Waals surface area contributed by atoms with Gasteiger partial charge < -0.3 is 10.4 Å². The van der Waals surface area contributed by atoms with E-state index in [1.54, 1.807) is 0 Å². The smallest absolute Gasteiger partial charge is 0.248 e. The maximum atomic E-state index is 10.9. The Balaban J connectivity index is 2.27. The number of nitrogens with zero attached hydrogens (tertiary/aromatic N) is 1. The largest absolute Gasteiger partial charge is 0.384 e. The van der Waals surface area contributed by atoms with Crippen molar-refractivity contribution in [2.45, 2.75) is 25.9 Å². The molecular formula is C8H12N2O2. The Morgan fingerprint density at radius 3 is 2.75 bits per heavy atom. The van der Waals surface area contributed by atoms with E-state index in [1.807, 2.05) is 0 Å². The molecule has 0 aliphatic heterocycles. The summed E-state index contributed by atoms with van der Waals surface area (Å²) >= 11 is 0. The van der Waals surface area contributed by atoms with Crippen LogP contribution in [0.2, 0.25) is 0 Å². The number of rotatable bonds is 3. The quantitative estimate of drug-likeness (QED) is 0.612. The number of hydrogen-bond donors (Lipinski definition) is 2. The third-order valence-electron chi connectivity index (χ3n) is 2.07. The van der Waals surface area contributed by atoms with E-state index >= 15 is 0 Å². The summed E-state index contributed by atoms with van der Waals surface area (Å²) in [6, 6.07) is 2.15. The molecule has 0 radical (unpaired) electrons. The predicted molar refractivity (Wildman–Crippen MR) is 42.0 cm³/mol. The van der Waals surface area contributed by atoms with Crippen molar-refractivity contribution in [3.63, 3.8) is 0 Å². The van der Waals surface area contributed by atoms with Crippen LogP contribution in [-0.2, 0) is 4.79 Å². The summed E-state index contributed by atoms with van der Waals surface area (Å²) in [6.07, 6.45) is 0.715. The lowest BCUT2D eigenvalue weighted by atomic mass is 10.1. The van der Waals surface area contributed by atoms with Gasteiger partial charge in [-0.15, -0.1) is 0 Å². The highest BCUT2D eigenvalue weighted by molar-refractivity contribution is 5.80. The lowest BCUT2D eigenvalue weighted by molar-refractivity contribution is -0.128. The first kappa shape index (κ1) is 9.01. The van der Waals surface area contributed by atoms with Crippen LogP contribution < -0.4 is 5.32 Å². The Hall–Kier alpha value is -1.08. The summed E-state index contributed by atoms with van der Waals surface area (Å²) in [5, 5.41) is 20.0. The number of hydrogen-bond acceptors (Lipinski definition) is 3. The summed E-state index contributed by atoms with van der Waals surface area (Å²) in [4.78, 5) is 10.9. The normalized spacial score (nSPS) is 20.8. The molecule has 0 bridgehead atoms. The molecule has 2 N–H and O–H groups in total. The molecule has 1 rings (SSSR count). The fourth-order valence-corrected chi connectivity index (χ4v) is 0.883. The van der Waals surface area contributed by atoms with E-state index in [0.29, 0.717) is 6.54 Å². The summed E-state index contributed by atoms with van der Waals surface area (Å²) < 4.78 is 0. The Morgan fingerprint density at radius 1 is 1.83 bits per heavy atom. The zero-order valence-corrected chi connectivity index (χ0v) is 7.00. The highest BCUT2D eigenvalue weighted by Crippen LogP contribution is 2.43. The molecule has 1 amide bonds. The highest BCUT2D eigenvalue weighted by Gasteiger charge is 2.43. The Morgan fingerprint density at radius 2 is 2.42 bits per heavy atom. The molecule has 1 fully saturated rings. The van der Waals surface area contributed by atoms with Gasteiger partial charge in [-0.3, -0.25) is 4.79 Å². The molecule has 1 saturated carbocycles. The van der Waals surface area contributed by atoms with Crippen molar-refractivity contribution in [2.75, 3.05) is 6.54 Å². The van der Waals surface area contributed by atoms with Crippen LogP contribution in [0.5, 0.6) is 0 Å². The number of aliphatic hydroxyl groups is 1. The van der Waals surface area contributed by atoms with Crippen molar-refractivity contribution in [3.05, 3.63) is 0 Å². The van der Waals surface area contributed by atoms with Crippen molar-refractivity contribution < 1.29 is 9.90 Å². The summed E-state index contributed by atoms with van der Waals surface area (Å²) in [5.74, 6) is -0.406. The van der Waals surface area contributed by atoms with E-state index in [4.69, 9.17) is 10.4 Å². The summed E-state index contributed by atoms with van der Waals surface area (Å²) in [7, 11) is 0. The van der Waals surface area contributed by atoms with Crippen LogP contribution in [-0.4, -0.2) is 23.7 Å². The molecule has 0 aromatic heterocycles.